The molecule has 0 unspecified atom stereocenters. The van der Waals surface area contributed by atoms with Crippen LogP contribution >= 0.6 is 11.3 Å². The minimum absolute atomic E-state index is 0.102. The fourth-order valence-electron chi connectivity index (χ4n) is 2.20. The summed E-state index contributed by atoms with van der Waals surface area (Å²) in [5.41, 5.74) is 0. The van der Waals surface area contributed by atoms with E-state index in [4.69, 9.17) is 0 Å². The molecule has 26 heavy (non-hydrogen) atoms. The molecule has 0 aliphatic rings. The number of thiophene rings is 1. The fraction of sp³-hybridized carbons (Fsp3) is 0. The molecule has 0 saturated heterocycles. The van der Waals surface area contributed by atoms with Gasteiger partial charge >= 0.3 is 0 Å². The maximum atomic E-state index is 13.0. The van der Waals surface area contributed by atoms with Crippen molar-refractivity contribution in [1.82, 2.24) is 3.71 Å². The van der Waals surface area contributed by atoms with E-state index in [1.807, 2.05) is 5.38 Å². The van der Waals surface area contributed by atoms with Gasteiger partial charge in [-0.1, -0.05) is 42.5 Å². The van der Waals surface area contributed by atoms with Crippen molar-refractivity contribution in [2.45, 2.75) is 9.79 Å². The number of sulfonamides is 2. The monoisotopic (exact) mass is 405 g/mol. The molecule has 5 nitrogen and oxygen atoms in total. The van der Waals surface area contributed by atoms with Gasteiger partial charge in [-0.05, 0) is 41.8 Å². The molecular formula is C18H15NO4S3. The predicted molar refractivity (Wildman–Crippen MR) is 102 cm³/mol. The molecule has 0 bridgehead atoms. The van der Waals surface area contributed by atoms with Gasteiger partial charge in [0, 0.05) is 11.1 Å². The third-order valence-corrected chi connectivity index (χ3v) is 8.40. The molecule has 0 atom stereocenters. The highest BCUT2D eigenvalue weighted by molar-refractivity contribution is 8.04. The van der Waals surface area contributed by atoms with Crippen LogP contribution in [0.5, 0.6) is 0 Å². The highest BCUT2D eigenvalue weighted by Gasteiger charge is 2.33. The average molecular weight is 406 g/mol. The molecule has 0 fully saturated rings. The standard InChI is InChI=1S/C18H15NO4S3/c20-25(21,17-9-3-1-4-10-17)19(14-13-16-8-7-15-24-16)26(22,23)18-11-5-2-6-12-18/h1-15H/b14-13+. The largest absolute Gasteiger partial charge is 0.277 e. The average Bonchev–Trinajstić information content (AvgIpc) is 3.16. The van der Waals surface area contributed by atoms with Crippen molar-refractivity contribution >= 4 is 37.5 Å². The molecule has 0 radical (unpaired) electrons. The molecule has 134 valence electrons. The summed E-state index contributed by atoms with van der Waals surface area (Å²) < 4.78 is 52.5. The van der Waals surface area contributed by atoms with E-state index >= 15 is 0 Å². The maximum Gasteiger partial charge on any atom is 0.277 e. The van der Waals surface area contributed by atoms with Crippen LogP contribution in [-0.2, 0) is 20.0 Å². The molecule has 0 N–H and O–H groups in total. The lowest BCUT2D eigenvalue weighted by molar-refractivity contribution is 0.537. The Hall–Kier alpha value is -2.42. The second-order valence-corrected chi connectivity index (χ2v) is 10.0. The molecule has 1 heterocycles. The third kappa shape index (κ3) is 3.72. The lowest BCUT2D eigenvalue weighted by Gasteiger charge is -2.20. The Bertz CT molecular complexity index is 1020. The number of hydrogen-bond donors (Lipinski definition) is 0. The van der Waals surface area contributed by atoms with E-state index in [-0.39, 0.29) is 9.79 Å². The van der Waals surface area contributed by atoms with Gasteiger partial charge in [0.25, 0.3) is 20.0 Å². The highest BCUT2D eigenvalue weighted by Crippen LogP contribution is 2.25. The predicted octanol–water partition coefficient (Wildman–Crippen LogP) is 3.80. The molecule has 1 aromatic heterocycles. The molecule has 0 amide bonds. The first-order valence-corrected chi connectivity index (χ1v) is 11.3. The molecule has 0 aliphatic carbocycles. The third-order valence-electron chi connectivity index (χ3n) is 3.46. The van der Waals surface area contributed by atoms with E-state index in [2.05, 4.69) is 0 Å². The lowest BCUT2D eigenvalue weighted by atomic mass is 10.4. The van der Waals surface area contributed by atoms with Crippen molar-refractivity contribution in [1.29, 1.82) is 0 Å². The first kappa shape index (κ1) is 18.4. The lowest BCUT2D eigenvalue weighted by Crippen LogP contribution is -2.32. The number of hydrogen-bond acceptors (Lipinski definition) is 5. The smallest absolute Gasteiger partial charge is 0.200 e. The second kappa shape index (κ2) is 7.45. The zero-order chi connectivity index (χ0) is 18.6. The molecule has 0 saturated carbocycles. The molecule has 0 aliphatic heterocycles. The van der Waals surface area contributed by atoms with Gasteiger partial charge < -0.3 is 0 Å². The topological polar surface area (TPSA) is 71.5 Å². The Labute approximate surface area is 157 Å². The van der Waals surface area contributed by atoms with Crippen molar-refractivity contribution in [3.8, 4) is 0 Å². The van der Waals surface area contributed by atoms with Crippen molar-refractivity contribution < 1.29 is 16.8 Å². The van der Waals surface area contributed by atoms with Crippen molar-refractivity contribution in [2.24, 2.45) is 0 Å². The highest BCUT2D eigenvalue weighted by atomic mass is 32.3. The number of rotatable bonds is 6. The molecule has 3 rings (SSSR count). The minimum atomic E-state index is -4.30. The van der Waals surface area contributed by atoms with Crippen molar-refractivity contribution in [3.05, 3.63) is 89.3 Å². The summed E-state index contributed by atoms with van der Waals surface area (Å²) in [4.78, 5) is 0.534. The van der Waals surface area contributed by atoms with E-state index < -0.39 is 20.0 Å². The number of benzene rings is 2. The van der Waals surface area contributed by atoms with Crippen molar-refractivity contribution in [3.63, 3.8) is 0 Å². The number of nitrogens with zero attached hydrogens (tertiary/aromatic N) is 1. The van der Waals surface area contributed by atoms with Gasteiger partial charge in [0.2, 0.25) is 0 Å². The first-order valence-electron chi connectivity index (χ1n) is 7.54. The summed E-state index contributed by atoms with van der Waals surface area (Å²) in [6.07, 6.45) is 2.54. The van der Waals surface area contributed by atoms with E-state index in [0.717, 1.165) is 11.1 Å². The van der Waals surface area contributed by atoms with Crippen LogP contribution in [0.3, 0.4) is 0 Å². The minimum Gasteiger partial charge on any atom is -0.200 e. The summed E-state index contributed by atoms with van der Waals surface area (Å²) in [5.74, 6) is 0. The summed E-state index contributed by atoms with van der Waals surface area (Å²) in [6.45, 7) is 0. The summed E-state index contributed by atoms with van der Waals surface area (Å²) in [7, 11) is -8.59. The van der Waals surface area contributed by atoms with Crippen LogP contribution in [0, 0.1) is 0 Å². The van der Waals surface area contributed by atoms with Gasteiger partial charge in [-0.3, -0.25) is 0 Å². The van der Waals surface area contributed by atoms with Crippen LogP contribution in [0.25, 0.3) is 6.08 Å². The van der Waals surface area contributed by atoms with Gasteiger partial charge in [0.15, 0.2) is 0 Å². The van der Waals surface area contributed by atoms with Gasteiger partial charge in [0.05, 0.1) is 9.79 Å². The summed E-state index contributed by atoms with van der Waals surface area (Å²) in [5, 5.41) is 1.82. The summed E-state index contributed by atoms with van der Waals surface area (Å²) in [6, 6.07) is 18.5. The molecule has 3 aromatic rings. The van der Waals surface area contributed by atoms with E-state index in [1.54, 1.807) is 48.5 Å². The Morgan fingerprint density at radius 1 is 0.692 bits per heavy atom. The Balaban J connectivity index is 2.14. The van der Waals surface area contributed by atoms with Crippen LogP contribution in [0.4, 0.5) is 0 Å². The SMILES string of the molecule is O=S(=O)(c1ccccc1)N(/C=C/c1cccs1)S(=O)(=O)c1ccccc1. The first-order chi connectivity index (χ1) is 12.4. The summed E-state index contributed by atoms with van der Waals surface area (Å²) >= 11 is 1.37. The second-order valence-electron chi connectivity index (χ2n) is 5.19. The zero-order valence-electron chi connectivity index (χ0n) is 13.5. The van der Waals surface area contributed by atoms with Crippen LogP contribution in [0.1, 0.15) is 4.88 Å². The Kier molecular flexibility index (Phi) is 5.26. The molecule has 2 aromatic carbocycles. The normalized spacial score (nSPS) is 12.3. The van der Waals surface area contributed by atoms with E-state index in [0.29, 0.717) is 3.71 Å². The van der Waals surface area contributed by atoms with Crippen molar-refractivity contribution in [2.75, 3.05) is 0 Å². The van der Waals surface area contributed by atoms with Gasteiger partial charge in [-0.15, -0.1) is 11.3 Å². The molecule has 8 heteroatoms. The Morgan fingerprint density at radius 3 is 1.62 bits per heavy atom. The zero-order valence-corrected chi connectivity index (χ0v) is 15.9. The van der Waals surface area contributed by atoms with Gasteiger partial charge in [0.1, 0.15) is 0 Å². The van der Waals surface area contributed by atoms with Crippen LogP contribution < -0.4 is 0 Å². The van der Waals surface area contributed by atoms with E-state index in [9.17, 15) is 16.8 Å². The van der Waals surface area contributed by atoms with Crippen LogP contribution in [0.15, 0.2) is 94.2 Å². The van der Waals surface area contributed by atoms with Crippen LogP contribution in [-0.4, -0.2) is 20.5 Å². The molecule has 0 spiro atoms. The van der Waals surface area contributed by atoms with E-state index in [1.165, 1.54) is 41.7 Å². The fourth-order valence-corrected chi connectivity index (χ4v) is 6.22. The van der Waals surface area contributed by atoms with Crippen LogP contribution in [0.2, 0.25) is 0 Å². The molecular weight excluding hydrogens is 390 g/mol. The Morgan fingerprint density at radius 2 is 1.19 bits per heavy atom. The van der Waals surface area contributed by atoms with Gasteiger partial charge in [-0.25, -0.2) is 16.8 Å². The quantitative estimate of drug-likeness (QED) is 0.625. The van der Waals surface area contributed by atoms with Gasteiger partial charge in [-0.2, -0.15) is 3.71 Å². The maximum absolute atomic E-state index is 13.0.